The molecule has 1 aliphatic rings. The van der Waals surface area contributed by atoms with Gasteiger partial charge in [-0.1, -0.05) is 45.4 Å². The summed E-state index contributed by atoms with van der Waals surface area (Å²) in [6.07, 6.45) is 3.58. The number of aliphatic hydroxyl groups is 1. The molecule has 2 aromatic rings. The summed E-state index contributed by atoms with van der Waals surface area (Å²) in [5, 5.41) is 30.2. The summed E-state index contributed by atoms with van der Waals surface area (Å²) in [4.78, 5) is 23.0. The zero-order chi connectivity index (χ0) is 20.9. The van der Waals surface area contributed by atoms with Crippen molar-refractivity contribution in [2.45, 2.75) is 52.6 Å². The number of rotatable bonds is 4. The minimum absolute atomic E-state index is 0.0998. The molecule has 0 aliphatic heterocycles. The number of nitrogens with one attached hydrogen (secondary N) is 1. The molecule has 0 fully saturated rings. The first kappa shape index (κ1) is 21.6. The van der Waals surface area contributed by atoms with E-state index in [0.717, 1.165) is 60.1 Å². The van der Waals surface area contributed by atoms with Gasteiger partial charge in [-0.3, -0.25) is 4.98 Å². The molecule has 1 aromatic heterocycles. The fourth-order valence-corrected chi connectivity index (χ4v) is 3.50. The van der Waals surface area contributed by atoms with Crippen molar-refractivity contribution in [1.29, 1.82) is 0 Å². The summed E-state index contributed by atoms with van der Waals surface area (Å²) in [5.74, 6) is -3.65. The summed E-state index contributed by atoms with van der Waals surface area (Å²) < 4.78 is 0. The fraction of sp³-hybridized carbons (Fsp3) is 0.476. The summed E-state index contributed by atoms with van der Waals surface area (Å²) in [6.45, 7) is 7.55. The number of carboxylic acid groups (broad SMARTS) is 2. The van der Waals surface area contributed by atoms with Crippen molar-refractivity contribution >= 4 is 28.5 Å². The van der Waals surface area contributed by atoms with Crippen molar-refractivity contribution in [2.75, 3.05) is 11.9 Å². The number of aliphatic hydroxyl groups excluding tert-OH is 1. The Balaban J connectivity index is 0.000000409. The zero-order valence-corrected chi connectivity index (χ0v) is 16.5. The van der Waals surface area contributed by atoms with Gasteiger partial charge < -0.3 is 20.6 Å². The van der Waals surface area contributed by atoms with Crippen molar-refractivity contribution in [3.05, 3.63) is 35.5 Å². The number of para-hydroxylation sites is 1. The van der Waals surface area contributed by atoms with Crippen LogP contribution in [0.15, 0.2) is 24.3 Å². The fourth-order valence-electron chi connectivity index (χ4n) is 3.50. The average molecular weight is 388 g/mol. The van der Waals surface area contributed by atoms with Crippen LogP contribution in [0, 0.1) is 5.41 Å². The Morgan fingerprint density at radius 1 is 1.21 bits per heavy atom. The van der Waals surface area contributed by atoms with Gasteiger partial charge in [0.1, 0.15) is 0 Å². The molecule has 7 heteroatoms. The highest BCUT2D eigenvalue weighted by Crippen LogP contribution is 2.44. The molecule has 1 aromatic carbocycles. The van der Waals surface area contributed by atoms with E-state index in [-0.39, 0.29) is 5.41 Å². The van der Waals surface area contributed by atoms with E-state index in [1.807, 2.05) is 12.1 Å². The number of unbranched alkanes of at least 4 members (excludes halogenated alkanes) is 1. The lowest BCUT2D eigenvalue weighted by molar-refractivity contribution is -0.159. The lowest BCUT2D eigenvalue weighted by Gasteiger charge is -2.35. The van der Waals surface area contributed by atoms with Crippen LogP contribution in [0.25, 0.3) is 10.9 Å². The quantitative estimate of drug-likeness (QED) is 0.466. The largest absolute Gasteiger partial charge is 0.473 e. The number of hydrogen-bond donors (Lipinski definition) is 4. The molecule has 0 saturated carbocycles. The number of carbonyl (C=O) groups is 2. The molecular formula is C21H28N2O5. The Kier molecular flexibility index (Phi) is 6.96. The third-order valence-corrected chi connectivity index (χ3v) is 4.75. The van der Waals surface area contributed by atoms with Gasteiger partial charge >= 0.3 is 11.9 Å². The first-order chi connectivity index (χ1) is 13.2. The maximum Gasteiger partial charge on any atom is 0.414 e. The van der Waals surface area contributed by atoms with Gasteiger partial charge in [-0.05, 0) is 30.7 Å². The average Bonchev–Trinajstić information content (AvgIpc) is 2.60. The molecule has 0 bridgehead atoms. The second kappa shape index (κ2) is 9.01. The molecule has 152 valence electrons. The number of nitrogens with zero attached hydrogens (tertiary/aromatic N) is 1. The minimum Gasteiger partial charge on any atom is -0.473 e. The van der Waals surface area contributed by atoms with Gasteiger partial charge in [0, 0.05) is 23.2 Å². The number of hydrogen-bond acceptors (Lipinski definition) is 5. The summed E-state index contributed by atoms with van der Waals surface area (Å²) in [5.41, 5.74) is 4.29. The monoisotopic (exact) mass is 388 g/mol. The molecular weight excluding hydrogens is 360 g/mol. The van der Waals surface area contributed by atoms with Crippen LogP contribution in [0.5, 0.6) is 0 Å². The SMILES string of the molecule is CCCCNc1c2c(nc3ccccc13)CC(C)(C)CC2O.O=C(O)C(=O)O. The summed E-state index contributed by atoms with van der Waals surface area (Å²) >= 11 is 0. The van der Waals surface area contributed by atoms with Gasteiger partial charge in [-0.25, -0.2) is 9.59 Å². The number of benzene rings is 1. The van der Waals surface area contributed by atoms with Crippen LogP contribution in [0.2, 0.25) is 0 Å². The molecule has 0 amide bonds. The lowest BCUT2D eigenvalue weighted by Crippen LogP contribution is -2.27. The van der Waals surface area contributed by atoms with E-state index < -0.39 is 18.0 Å². The van der Waals surface area contributed by atoms with Crippen molar-refractivity contribution in [3.63, 3.8) is 0 Å². The Bertz CT molecular complexity index is 851. The van der Waals surface area contributed by atoms with Crippen LogP contribution in [0.3, 0.4) is 0 Å². The van der Waals surface area contributed by atoms with E-state index in [1.165, 1.54) is 0 Å². The minimum atomic E-state index is -1.82. The predicted octanol–water partition coefficient (Wildman–Crippen LogP) is 3.61. The van der Waals surface area contributed by atoms with Crippen molar-refractivity contribution in [2.24, 2.45) is 5.41 Å². The van der Waals surface area contributed by atoms with Gasteiger partial charge in [0.15, 0.2) is 0 Å². The normalized spacial score (nSPS) is 17.2. The summed E-state index contributed by atoms with van der Waals surface area (Å²) in [6, 6.07) is 8.24. The van der Waals surface area contributed by atoms with Crippen LogP contribution in [-0.2, 0) is 16.0 Å². The van der Waals surface area contributed by atoms with Crippen LogP contribution in [0.1, 0.15) is 57.4 Å². The maximum atomic E-state index is 10.7. The first-order valence-electron chi connectivity index (χ1n) is 9.46. The Hall–Kier alpha value is -2.67. The molecule has 0 radical (unpaired) electrons. The molecule has 1 aliphatic carbocycles. The predicted molar refractivity (Wildman–Crippen MR) is 107 cm³/mol. The number of fused-ring (bicyclic) bond motifs is 2. The number of anilines is 1. The van der Waals surface area contributed by atoms with E-state index in [0.29, 0.717) is 0 Å². The van der Waals surface area contributed by atoms with Gasteiger partial charge in [0.05, 0.1) is 17.3 Å². The Labute approximate surface area is 164 Å². The molecule has 0 spiro atoms. The van der Waals surface area contributed by atoms with E-state index in [9.17, 15) is 5.11 Å². The van der Waals surface area contributed by atoms with E-state index >= 15 is 0 Å². The van der Waals surface area contributed by atoms with Crippen molar-refractivity contribution < 1.29 is 24.9 Å². The smallest absolute Gasteiger partial charge is 0.414 e. The highest BCUT2D eigenvalue weighted by Gasteiger charge is 2.34. The number of aromatic nitrogens is 1. The van der Waals surface area contributed by atoms with Crippen molar-refractivity contribution in [1.82, 2.24) is 4.98 Å². The Morgan fingerprint density at radius 3 is 2.46 bits per heavy atom. The Morgan fingerprint density at radius 2 is 1.86 bits per heavy atom. The van der Waals surface area contributed by atoms with E-state index in [1.54, 1.807) is 0 Å². The molecule has 28 heavy (non-hydrogen) atoms. The van der Waals surface area contributed by atoms with Crippen molar-refractivity contribution in [3.8, 4) is 0 Å². The number of pyridine rings is 1. The van der Waals surface area contributed by atoms with Crippen LogP contribution in [0.4, 0.5) is 5.69 Å². The van der Waals surface area contributed by atoms with Gasteiger partial charge in [-0.2, -0.15) is 0 Å². The molecule has 3 rings (SSSR count). The third kappa shape index (κ3) is 5.19. The first-order valence-corrected chi connectivity index (χ1v) is 9.46. The molecule has 1 heterocycles. The standard InChI is InChI=1S/C19H26N2O.C2H2O4/c1-4-5-10-20-18-13-8-6-7-9-14(13)21-15-11-19(2,3)12-16(22)17(15)18;3-1(4)2(5)6/h6-9,16,22H,4-5,10-12H2,1-3H3,(H,20,21);(H,3,4)(H,5,6). The highest BCUT2D eigenvalue weighted by atomic mass is 16.4. The van der Waals surface area contributed by atoms with Crippen LogP contribution in [-0.4, -0.2) is 38.8 Å². The van der Waals surface area contributed by atoms with E-state index in [4.69, 9.17) is 24.8 Å². The zero-order valence-electron chi connectivity index (χ0n) is 16.5. The third-order valence-electron chi connectivity index (χ3n) is 4.75. The highest BCUT2D eigenvalue weighted by molar-refractivity contribution is 6.27. The van der Waals surface area contributed by atoms with Crippen LogP contribution < -0.4 is 5.32 Å². The lowest BCUT2D eigenvalue weighted by atomic mass is 9.74. The van der Waals surface area contributed by atoms with Gasteiger partial charge in [-0.15, -0.1) is 0 Å². The van der Waals surface area contributed by atoms with Gasteiger partial charge in [0.2, 0.25) is 0 Å². The topological polar surface area (TPSA) is 120 Å². The van der Waals surface area contributed by atoms with Gasteiger partial charge in [0.25, 0.3) is 0 Å². The summed E-state index contributed by atoms with van der Waals surface area (Å²) in [7, 11) is 0. The number of carboxylic acids is 2. The molecule has 7 nitrogen and oxygen atoms in total. The van der Waals surface area contributed by atoms with E-state index in [2.05, 4.69) is 38.2 Å². The maximum absolute atomic E-state index is 10.7. The molecule has 1 unspecified atom stereocenters. The number of aliphatic carboxylic acids is 2. The molecule has 0 saturated heterocycles. The second-order valence-corrected chi connectivity index (χ2v) is 7.82. The molecule has 1 atom stereocenters. The molecule has 4 N–H and O–H groups in total. The van der Waals surface area contributed by atoms with Crippen LogP contribution >= 0.6 is 0 Å². The second-order valence-electron chi connectivity index (χ2n) is 7.82.